The first-order chi connectivity index (χ1) is 7.13. The van der Waals surface area contributed by atoms with Gasteiger partial charge in [0.05, 0.1) is 6.10 Å². The molecule has 0 aromatic heterocycles. The van der Waals surface area contributed by atoms with Crippen LogP contribution in [0.2, 0.25) is 0 Å². The van der Waals surface area contributed by atoms with E-state index in [0.29, 0.717) is 32.0 Å². The fraction of sp³-hybridized carbons (Fsp3) is 0.889. The number of aliphatic hydroxyl groups excluding tert-OH is 1. The minimum atomic E-state index is -2.42. The highest BCUT2D eigenvalue weighted by atomic mass is 127. The van der Waals surface area contributed by atoms with Crippen LogP contribution >= 0.6 is 24.0 Å². The average Bonchev–Trinajstić information content (AvgIpc) is 2.59. The Hall–Kier alpha value is -0.180. The van der Waals surface area contributed by atoms with E-state index in [1.54, 1.807) is 4.90 Å². The summed E-state index contributed by atoms with van der Waals surface area (Å²) in [6.45, 7) is 3.15. The zero-order valence-corrected chi connectivity index (χ0v) is 11.5. The number of nitrogens with zero attached hydrogens (tertiary/aromatic N) is 2. The average molecular weight is 349 g/mol. The van der Waals surface area contributed by atoms with Crippen LogP contribution in [0.3, 0.4) is 0 Å². The second-order valence-electron chi connectivity index (χ2n) is 3.47. The zero-order chi connectivity index (χ0) is 11.3. The molecule has 0 spiro atoms. The van der Waals surface area contributed by atoms with E-state index in [9.17, 15) is 13.9 Å². The quantitative estimate of drug-likeness (QED) is 0.452. The van der Waals surface area contributed by atoms with Gasteiger partial charge in [-0.25, -0.2) is 13.8 Å². The summed E-state index contributed by atoms with van der Waals surface area (Å²) in [5, 5.41) is 12.3. The van der Waals surface area contributed by atoms with Crippen LogP contribution in [0, 0.1) is 0 Å². The molecule has 1 aliphatic heterocycles. The first-order valence-electron chi connectivity index (χ1n) is 5.13. The lowest BCUT2D eigenvalue weighted by molar-refractivity contribution is 0.158. The van der Waals surface area contributed by atoms with Gasteiger partial charge in [0.2, 0.25) is 0 Å². The van der Waals surface area contributed by atoms with Gasteiger partial charge in [0.25, 0.3) is 6.43 Å². The first-order valence-corrected chi connectivity index (χ1v) is 5.13. The molecule has 1 aliphatic rings. The van der Waals surface area contributed by atoms with Crippen molar-refractivity contribution in [3.63, 3.8) is 0 Å². The molecule has 0 aromatic carbocycles. The predicted octanol–water partition coefficient (Wildman–Crippen LogP) is 0.902. The van der Waals surface area contributed by atoms with Crippen LogP contribution < -0.4 is 5.32 Å². The van der Waals surface area contributed by atoms with E-state index in [1.807, 2.05) is 6.92 Å². The van der Waals surface area contributed by atoms with E-state index in [2.05, 4.69) is 10.3 Å². The van der Waals surface area contributed by atoms with Gasteiger partial charge in [0.1, 0.15) is 6.54 Å². The number of rotatable bonds is 3. The lowest BCUT2D eigenvalue weighted by Gasteiger charge is -2.20. The lowest BCUT2D eigenvalue weighted by Crippen LogP contribution is -2.40. The molecule has 96 valence electrons. The third kappa shape index (κ3) is 5.24. The Morgan fingerprint density at radius 3 is 2.75 bits per heavy atom. The number of aliphatic hydroxyl groups is 1. The smallest absolute Gasteiger partial charge is 0.257 e. The summed E-state index contributed by atoms with van der Waals surface area (Å²) in [6, 6.07) is 0. The van der Waals surface area contributed by atoms with Crippen LogP contribution in [-0.2, 0) is 0 Å². The fourth-order valence-electron chi connectivity index (χ4n) is 1.52. The highest BCUT2D eigenvalue weighted by Gasteiger charge is 2.22. The van der Waals surface area contributed by atoms with Crippen molar-refractivity contribution in [1.29, 1.82) is 0 Å². The van der Waals surface area contributed by atoms with Crippen molar-refractivity contribution in [1.82, 2.24) is 10.2 Å². The number of guanidine groups is 1. The summed E-state index contributed by atoms with van der Waals surface area (Å²) in [5.41, 5.74) is 0. The molecule has 0 radical (unpaired) electrons. The summed E-state index contributed by atoms with van der Waals surface area (Å²) >= 11 is 0. The third-order valence-corrected chi connectivity index (χ3v) is 2.18. The van der Waals surface area contributed by atoms with Gasteiger partial charge in [0.15, 0.2) is 5.96 Å². The maximum Gasteiger partial charge on any atom is 0.257 e. The van der Waals surface area contributed by atoms with Crippen molar-refractivity contribution >= 4 is 29.9 Å². The molecule has 1 heterocycles. The van der Waals surface area contributed by atoms with Crippen LogP contribution in [0.25, 0.3) is 0 Å². The highest BCUT2D eigenvalue weighted by molar-refractivity contribution is 14.0. The topological polar surface area (TPSA) is 47.9 Å². The van der Waals surface area contributed by atoms with Crippen molar-refractivity contribution in [3.05, 3.63) is 0 Å². The molecular weight excluding hydrogens is 331 g/mol. The molecule has 1 fully saturated rings. The van der Waals surface area contributed by atoms with Gasteiger partial charge in [-0.1, -0.05) is 0 Å². The van der Waals surface area contributed by atoms with Crippen molar-refractivity contribution < 1.29 is 13.9 Å². The van der Waals surface area contributed by atoms with E-state index in [0.717, 1.165) is 0 Å². The van der Waals surface area contributed by atoms with E-state index < -0.39 is 13.0 Å². The molecule has 0 unspecified atom stereocenters. The Bertz CT molecular complexity index is 229. The monoisotopic (exact) mass is 349 g/mol. The summed E-state index contributed by atoms with van der Waals surface area (Å²) < 4.78 is 24.0. The Balaban J connectivity index is 0.00000225. The lowest BCUT2D eigenvalue weighted by atomic mass is 10.3. The number of likely N-dealkylation sites (tertiary alicyclic amines) is 1. The molecule has 16 heavy (non-hydrogen) atoms. The predicted molar refractivity (Wildman–Crippen MR) is 69.6 cm³/mol. The maximum absolute atomic E-state index is 12.0. The van der Waals surface area contributed by atoms with Crippen molar-refractivity contribution in [3.8, 4) is 0 Å². The molecule has 0 aromatic rings. The van der Waals surface area contributed by atoms with Gasteiger partial charge in [-0.3, -0.25) is 0 Å². The van der Waals surface area contributed by atoms with E-state index in [1.165, 1.54) is 0 Å². The number of hydrogen-bond acceptors (Lipinski definition) is 2. The molecule has 1 atom stereocenters. The van der Waals surface area contributed by atoms with Crippen LogP contribution in [0.4, 0.5) is 8.78 Å². The molecule has 1 saturated heterocycles. The number of halogens is 3. The highest BCUT2D eigenvalue weighted by Crippen LogP contribution is 2.08. The SMILES string of the molecule is CCNC(=NCC(F)F)N1CC[C@@H](O)C1.I. The maximum atomic E-state index is 12.0. The Kier molecular flexibility index (Phi) is 7.90. The number of aliphatic imine (C=N–C) groups is 1. The standard InChI is InChI=1S/C9H17F2N3O.HI/c1-2-12-9(13-5-8(10)11)14-4-3-7(15)6-14;/h7-8,15H,2-6H2,1H3,(H,12,13);1H/t7-;/m1./s1. The summed E-state index contributed by atoms with van der Waals surface area (Å²) in [6.07, 6.45) is -2.13. The second-order valence-corrected chi connectivity index (χ2v) is 3.47. The number of β-amino-alcohol motifs (C(OH)–C–C–N with tert-alkyl or cyclic N) is 1. The molecule has 0 saturated carbocycles. The van der Waals surface area contributed by atoms with E-state index in [4.69, 9.17) is 0 Å². The van der Waals surface area contributed by atoms with Gasteiger partial charge >= 0.3 is 0 Å². The van der Waals surface area contributed by atoms with Gasteiger partial charge < -0.3 is 15.3 Å². The van der Waals surface area contributed by atoms with Gasteiger partial charge in [0, 0.05) is 19.6 Å². The van der Waals surface area contributed by atoms with Crippen LogP contribution in [0.5, 0.6) is 0 Å². The molecule has 4 nitrogen and oxygen atoms in total. The molecule has 1 rings (SSSR count). The van der Waals surface area contributed by atoms with Crippen LogP contribution in [-0.4, -0.2) is 54.7 Å². The van der Waals surface area contributed by atoms with Crippen molar-refractivity contribution in [2.24, 2.45) is 4.99 Å². The molecule has 7 heteroatoms. The van der Waals surface area contributed by atoms with Crippen molar-refractivity contribution in [2.75, 3.05) is 26.2 Å². The van der Waals surface area contributed by atoms with Crippen molar-refractivity contribution in [2.45, 2.75) is 25.9 Å². The van der Waals surface area contributed by atoms with Gasteiger partial charge in [-0.2, -0.15) is 0 Å². The molecular formula is C9H18F2IN3O. The zero-order valence-electron chi connectivity index (χ0n) is 9.20. The number of hydrogen-bond donors (Lipinski definition) is 2. The molecule has 0 bridgehead atoms. The normalized spacial score (nSPS) is 21.2. The minimum absolute atomic E-state index is 0. The fourth-order valence-corrected chi connectivity index (χ4v) is 1.52. The van der Waals surface area contributed by atoms with E-state index in [-0.39, 0.29) is 30.1 Å². The van der Waals surface area contributed by atoms with Gasteiger partial charge in [-0.15, -0.1) is 24.0 Å². The Labute approximate surface area is 111 Å². The number of alkyl halides is 2. The first kappa shape index (κ1) is 15.8. The number of nitrogens with one attached hydrogen (secondary N) is 1. The molecule has 2 N–H and O–H groups in total. The Morgan fingerprint density at radius 1 is 1.62 bits per heavy atom. The Morgan fingerprint density at radius 2 is 2.31 bits per heavy atom. The second kappa shape index (κ2) is 7.99. The van der Waals surface area contributed by atoms with E-state index >= 15 is 0 Å². The van der Waals surface area contributed by atoms with Crippen LogP contribution in [0.15, 0.2) is 4.99 Å². The largest absolute Gasteiger partial charge is 0.391 e. The summed E-state index contributed by atoms with van der Waals surface area (Å²) in [5.74, 6) is 0.467. The molecule has 0 amide bonds. The molecule has 0 aliphatic carbocycles. The van der Waals surface area contributed by atoms with Crippen LogP contribution in [0.1, 0.15) is 13.3 Å². The minimum Gasteiger partial charge on any atom is -0.391 e. The van der Waals surface area contributed by atoms with Gasteiger partial charge in [-0.05, 0) is 13.3 Å². The summed E-state index contributed by atoms with van der Waals surface area (Å²) in [4.78, 5) is 5.60. The third-order valence-electron chi connectivity index (χ3n) is 2.18. The summed E-state index contributed by atoms with van der Waals surface area (Å²) in [7, 11) is 0.